The van der Waals surface area contributed by atoms with Crippen LogP contribution in [0.2, 0.25) is 0 Å². The molecule has 7 heteroatoms. The summed E-state index contributed by atoms with van der Waals surface area (Å²) in [5, 5.41) is 13.1. The molecule has 1 aromatic carbocycles. The molecule has 0 spiro atoms. The lowest BCUT2D eigenvalue weighted by Crippen LogP contribution is -2.27. The summed E-state index contributed by atoms with van der Waals surface area (Å²) in [4.78, 5) is 21.4. The fraction of sp³-hybridized carbons (Fsp3) is 0.190. The van der Waals surface area contributed by atoms with Crippen molar-refractivity contribution in [2.75, 3.05) is 6.54 Å². The number of amides is 1. The van der Waals surface area contributed by atoms with E-state index in [1.165, 1.54) is 5.56 Å². The fourth-order valence-corrected chi connectivity index (χ4v) is 5.11. The zero-order valence-electron chi connectivity index (χ0n) is 15.3. The Hall–Kier alpha value is -2.35. The van der Waals surface area contributed by atoms with Gasteiger partial charge in [-0.15, -0.1) is 22.7 Å². The number of thiazole rings is 2. The molecule has 1 N–H and O–H groups in total. The van der Waals surface area contributed by atoms with Gasteiger partial charge in [-0.2, -0.15) is 11.3 Å². The number of benzene rings is 1. The molecule has 28 heavy (non-hydrogen) atoms. The van der Waals surface area contributed by atoms with E-state index in [1.54, 1.807) is 34.0 Å². The van der Waals surface area contributed by atoms with Crippen molar-refractivity contribution in [3.05, 3.63) is 68.8 Å². The van der Waals surface area contributed by atoms with Gasteiger partial charge in [0.25, 0.3) is 0 Å². The first-order valence-corrected chi connectivity index (χ1v) is 11.6. The summed E-state index contributed by atoms with van der Waals surface area (Å²) in [6, 6.07) is 10.4. The molecular weight excluding hydrogens is 406 g/mol. The molecule has 0 fully saturated rings. The highest BCUT2D eigenvalue weighted by Crippen LogP contribution is 2.26. The highest BCUT2D eigenvalue weighted by Gasteiger charge is 2.10. The number of carbonyl (C=O) groups is 1. The maximum Gasteiger partial charge on any atom is 0.226 e. The molecule has 0 saturated carbocycles. The smallest absolute Gasteiger partial charge is 0.226 e. The summed E-state index contributed by atoms with van der Waals surface area (Å²) in [5.74, 6) is -0.00356. The quantitative estimate of drug-likeness (QED) is 0.442. The van der Waals surface area contributed by atoms with E-state index < -0.39 is 0 Å². The predicted octanol–water partition coefficient (Wildman–Crippen LogP) is 5.20. The van der Waals surface area contributed by atoms with Gasteiger partial charge in [-0.25, -0.2) is 9.97 Å². The predicted molar refractivity (Wildman–Crippen MR) is 118 cm³/mol. The summed E-state index contributed by atoms with van der Waals surface area (Å²) in [6.07, 6.45) is 1.04. The van der Waals surface area contributed by atoms with Crippen molar-refractivity contribution in [3.63, 3.8) is 0 Å². The van der Waals surface area contributed by atoms with Gasteiger partial charge in [0.1, 0.15) is 10.0 Å². The van der Waals surface area contributed by atoms with Gasteiger partial charge in [-0.3, -0.25) is 4.79 Å². The number of rotatable bonds is 7. The summed E-state index contributed by atoms with van der Waals surface area (Å²) >= 11 is 4.87. The molecule has 0 radical (unpaired) electrons. The molecule has 4 nitrogen and oxygen atoms in total. The molecule has 0 saturated heterocycles. The zero-order valence-corrected chi connectivity index (χ0v) is 17.8. The van der Waals surface area contributed by atoms with Crippen LogP contribution in [0.1, 0.15) is 17.0 Å². The summed E-state index contributed by atoms with van der Waals surface area (Å²) in [7, 11) is 0. The van der Waals surface area contributed by atoms with Gasteiger partial charge in [0.2, 0.25) is 5.91 Å². The minimum absolute atomic E-state index is 0.00356. The lowest BCUT2D eigenvalue weighted by atomic mass is 10.2. The number of hydrogen-bond acceptors (Lipinski definition) is 6. The standard InChI is InChI=1S/C21H19N3OS3/c1-14-2-4-15(5-3-14)20-23-17(12-27-20)6-8-22-19(25)10-18-13-28-21(24-18)16-7-9-26-11-16/h2-5,7,9,11-13H,6,8,10H2,1H3,(H,22,25). The molecule has 0 atom stereocenters. The van der Waals surface area contributed by atoms with Crippen molar-refractivity contribution >= 4 is 39.9 Å². The first-order valence-electron chi connectivity index (χ1n) is 8.92. The van der Waals surface area contributed by atoms with Crippen molar-refractivity contribution in [3.8, 4) is 21.1 Å². The summed E-state index contributed by atoms with van der Waals surface area (Å²) in [5.41, 5.74) is 5.32. The van der Waals surface area contributed by atoms with Gasteiger partial charge in [-0.1, -0.05) is 29.8 Å². The van der Waals surface area contributed by atoms with Gasteiger partial charge >= 0.3 is 0 Å². The Balaban J connectivity index is 1.26. The highest BCUT2D eigenvalue weighted by atomic mass is 32.1. The van der Waals surface area contributed by atoms with Crippen molar-refractivity contribution in [1.82, 2.24) is 15.3 Å². The zero-order chi connectivity index (χ0) is 19.3. The average Bonchev–Trinajstić information content (AvgIpc) is 3.44. The van der Waals surface area contributed by atoms with Crippen LogP contribution in [-0.2, 0) is 17.6 Å². The third kappa shape index (κ3) is 4.73. The number of aryl methyl sites for hydroxylation is 1. The van der Waals surface area contributed by atoms with E-state index >= 15 is 0 Å². The molecule has 0 bridgehead atoms. The Morgan fingerprint density at radius 1 is 0.929 bits per heavy atom. The van der Waals surface area contributed by atoms with E-state index in [0.29, 0.717) is 13.0 Å². The second kappa shape index (κ2) is 8.77. The van der Waals surface area contributed by atoms with Crippen LogP contribution in [0.25, 0.3) is 21.1 Å². The number of carbonyl (C=O) groups excluding carboxylic acids is 1. The van der Waals surface area contributed by atoms with E-state index in [2.05, 4.69) is 57.2 Å². The summed E-state index contributed by atoms with van der Waals surface area (Å²) < 4.78 is 0. The van der Waals surface area contributed by atoms with Crippen LogP contribution in [0.3, 0.4) is 0 Å². The van der Waals surface area contributed by atoms with Gasteiger partial charge in [0, 0.05) is 40.2 Å². The van der Waals surface area contributed by atoms with E-state index in [0.717, 1.165) is 39.0 Å². The van der Waals surface area contributed by atoms with E-state index in [1.807, 2.05) is 16.8 Å². The molecule has 0 aliphatic carbocycles. The largest absolute Gasteiger partial charge is 0.355 e. The molecule has 0 aliphatic rings. The third-order valence-electron chi connectivity index (χ3n) is 4.22. The Bertz CT molecular complexity index is 1050. The van der Waals surface area contributed by atoms with Crippen LogP contribution in [0.4, 0.5) is 0 Å². The van der Waals surface area contributed by atoms with Crippen molar-refractivity contribution < 1.29 is 4.79 Å². The number of thiophene rings is 1. The minimum Gasteiger partial charge on any atom is -0.355 e. The lowest BCUT2D eigenvalue weighted by Gasteiger charge is -2.02. The van der Waals surface area contributed by atoms with Gasteiger partial charge in [0.05, 0.1) is 17.8 Å². The van der Waals surface area contributed by atoms with Crippen LogP contribution >= 0.6 is 34.0 Å². The topological polar surface area (TPSA) is 54.9 Å². The lowest BCUT2D eigenvalue weighted by molar-refractivity contribution is -0.120. The number of aromatic nitrogens is 2. The maximum atomic E-state index is 12.2. The van der Waals surface area contributed by atoms with Crippen molar-refractivity contribution in [1.29, 1.82) is 0 Å². The van der Waals surface area contributed by atoms with E-state index in [4.69, 9.17) is 0 Å². The molecule has 1 amide bonds. The van der Waals surface area contributed by atoms with Crippen molar-refractivity contribution in [2.45, 2.75) is 19.8 Å². The SMILES string of the molecule is Cc1ccc(-c2nc(CCNC(=O)Cc3csc(-c4ccsc4)n3)cs2)cc1. The second-order valence-corrected chi connectivity index (χ2v) is 8.94. The Labute approximate surface area is 175 Å². The average molecular weight is 426 g/mol. The fourth-order valence-electron chi connectivity index (χ4n) is 2.71. The van der Waals surface area contributed by atoms with Crippen LogP contribution in [-0.4, -0.2) is 22.4 Å². The molecule has 0 aliphatic heterocycles. The second-order valence-electron chi connectivity index (χ2n) is 6.44. The Kier molecular flexibility index (Phi) is 5.95. The monoisotopic (exact) mass is 425 g/mol. The molecule has 142 valence electrons. The Morgan fingerprint density at radius 3 is 2.39 bits per heavy atom. The molecular formula is C21H19N3OS3. The van der Waals surface area contributed by atoms with E-state index in [-0.39, 0.29) is 5.91 Å². The molecule has 4 rings (SSSR count). The van der Waals surface area contributed by atoms with Crippen LogP contribution in [0, 0.1) is 6.92 Å². The Morgan fingerprint density at radius 2 is 1.64 bits per heavy atom. The van der Waals surface area contributed by atoms with Crippen LogP contribution < -0.4 is 5.32 Å². The highest BCUT2D eigenvalue weighted by molar-refractivity contribution is 7.14. The van der Waals surface area contributed by atoms with Gasteiger partial charge in [-0.05, 0) is 18.4 Å². The molecule has 3 heterocycles. The van der Waals surface area contributed by atoms with Crippen LogP contribution in [0.5, 0.6) is 0 Å². The third-order valence-corrected chi connectivity index (χ3v) is 6.78. The summed E-state index contributed by atoms with van der Waals surface area (Å²) in [6.45, 7) is 2.66. The maximum absolute atomic E-state index is 12.2. The number of hydrogen-bond donors (Lipinski definition) is 1. The molecule has 0 unspecified atom stereocenters. The normalized spacial score (nSPS) is 10.9. The van der Waals surface area contributed by atoms with Crippen LogP contribution in [0.15, 0.2) is 51.9 Å². The number of nitrogens with zero attached hydrogens (tertiary/aromatic N) is 2. The number of nitrogens with one attached hydrogen (secondary N) is 1. The molecule has 3 aromatic heterocycles. The molecule has 4 aromatic rings. The van der Waals surface area contributed by atoms with Gasteiger partial charge < -0.3 is 5.32 Å². The van der Waals surface area contributed by atoms with E-state index in [9.17, 15) is 4.79 Å². The van der Waals surface area contributed by atoms with Crippen molar-refractivity contribution in [2.24, 2.45) is 0 Å². The first-order chi connectivity index (χ1) is 13.7. The van der Waals surface area contributed by atoms with Gasteiger partial charge in [0.15, 0.2) is 0 Å². The first kappa shape index (κ1) is 19.0. The minimum atomic E-state index is -0.00356.